The molecular formula is C14H23F3N4O2. The van der Waals surface area contributed by atoms with E-state index in [9.17, 15) is 22.8 Å². The fraction of sp³-hybridized carbons (Fsp3) is 0.857. The van der Waals surface area contributed by atoms with Gasteiger partial charge in [0.15, 0.2) is 0 Å². The number of amides is 3. The van der Waals surface area contributed by atoms with Gasteiger partial charge in [-0.15, -0.1) is 0 Å². The minimum absolute atomic E-state index is 0.0299. The fourth-order valence-electron chi connectivity index (χ4n) is 3.08. The van der Waals surface area contributed by atoms with E-state index in [1.807, 2.05) is 22.0 Å². The summed E-state index contributed by atoms with van der Waals surface area (Å²) in [5.74, 6) is -0.616. The number of piperidine rings is 1. The number of hydrogen-bond donors (Lipinski definition) is 1. The summed E-state index contributed by atoms with van der Waals surface area (Å²) in [6, 6.07) is 0.224. The molecular weight excluding hydrogens is 313 g/mol. The van der Waals surface area contributed by atoms with Crippen LogP contribution in [-0.4, -0.2) is 84.7 Å². The van der Waals surface area contributed by atoms with Gasteiger partial charge in [-0.2, -0.15) is 13.2 Å². The predicted molar refractivity (Wildman–Crippen MR) is 77.9 cm³/mol. The van der Waals surface area contributed by atoms with E-state index >= 15 is 0 Å². The van der Waals surface area contributed by atoms with Crippen molar-refractivity contribution < 1.29 is 22.8 Å². The van der Waals surface area contributed by atoms with E-state index in [1.165, 1.54) is 0 Å². The van der Waals surface area contributed by atoms with E-state index in [0.717, 1.165) is 25.9 Å². The number of urea groups is 1. The smallest absolute Gasteiger partial charge is 0.346 e. The Hall–Kier alpha value is -1.51. The number of nitrogens with one attached hydrogen (secondary N) is 1. The molecule has 0 aliphatic carbocycles. The molecule has 132 valence electrons. The number of halogens is 3. The van der Waals surface area contributed by atoms with Crippen molar-refractivity contribution in [2.45, 2.75) is 32.0 Å². The van der Waals surface area contributed by atoms with Crippen molar-refractivity contribution >= 4 is 11.9 Å². The normalized spacial score (nSPS) is 21.1. The van der Waals surface area contributed by atoms with Gasteiger partial charge in [-0.3, -0.25) is 9.69 Å². The van der Waals surface area contributed by atoms with Crippen molar-refractivity contribution in [1.29, 1.82) is 0 Å². The van der Waals surface area contributed by atoms with Crippen LogP contribution in [0.1, 0.15) is 19.8 Å². The Labute approximate surface area is 133 Å². The highest BCUT2D eigenvalue weighted by Gasteiger charge is 2.35. The Balaban J connectivity index is 1.72. The second-order valence-corrected chi connectivity index (χ2v) is 5.95. The minimum atomic E-state index is -4.38. The molecule has 0 aromatic heterocycles. The molecule has 0 aromatic rings. The average Bonchev–Trinajstić information content (AvgIpc) is 2.86. The molecule has 0 spiro atoms. The van der Waals surface area contributed by atoms with E-state index < -0.39 is 18.6 Å². The topological polar surface area (TPSA) is 55.9 Å². The summed E-state index contributed by atoms with van der Waals surface area (Å²) in [5, 5.41) is 1.88. The third-order valence-electron chi connectivity index (χ3n) is 4.36. The molecule has 2 saturated heterocycles. The first kappa shape index (κ1) is 17.8. The largest absolute Gasteiger partial charge is 0.405 e. The number of alkyl halides is 3. The lowest BCUT2D eigenvalue weighted by molar-refractivity contribution is -0.139. The summed E-state index contributed by atoms with van der Waals surface area (Å²) in [4.78, 5) is 29.2. The molecule has 2 aliphatic heterocycles. The van der Waals surface area contributed by atoms with Crippen molar-refractivity contribution in [3.05, 3.63) is 0 Å². The summed E-state index contributed by atoms with van der Waals surface area (Å²) in [5.41, 5.74) is 0. The van der Waals surface area contributed by atoms with Gasteiger partial charge in [-0.25, -0.2) is 4.79 Å². The summed E-state index contributed by atoms with van der Waals surface area (Å²) < 4.78 is 36.1. The van der Waals surface area contributed by atoms with Crippen molar-refractivity contribution in [2.75, 3.05) is 45.8 Å². The Bertz CT molecular complexity index is 436. The molecule has 2 rings (SSSR count). The van der Waals surface area contributed by atoms with Crippen molar-refractivity contribution in [3.63, 3.8) is 0 Å². The molecule has 23 heavy (non-hydrogen) atoms. The SMILES string of the molecule is CCN1CCN(C2CCN(CC(=O)NCC(F)(F)F)CC2)C1=O. The second kappa shape index (κ2) is 7.37. The first-order valence-corrected chi connectivity index (χ1v) is 7.91. The maximum absolute atomic E-state index is 12.1. The maximum Gasteiger partial charge on any atom is 0.405 e. The van der Waals surface area contributed by atoms with Crippen LogP contribution in [0.3, 0.4) is 0 Å². The first-order chi connectivity index (χ1) is 10.8. The van der Waals surface area contributed by atoms with Crippen LogP contribution in [0, 0.1) is 0 Å². The van der Waals surface area contributed by atoms with Crippen LogP contribution < -0.4 is 5.32 Å². The van der Waals surface area contributed by atoms with Crippen molar-refractivity contribution in [2.24, 2.45) is 0 Å². The number of carbonyl (C=O) groups is 2. The van der Waals surface area contributed by atoms with Gasteiger partial charge in [-0.1, -0.05) is 0 Å². The van der Waals surface area contributed by atoms with E-state index in [1.54, 1.807) is 4.90 Å². The van der Waals surface area contributed by atoms with Gasteiger partial charge in [0.1, 0.15) is 6.54 Å². The molecule has 6 nitrogen and oxygen atoms in total. The summed E-state index contributed by atoms with van der Waals surface area (Å²) in [6.07, 6.45) is -2.89. The number of nitrogens with zero attached hydrogens (tertiary/aromatic N) is 3. The van der Waals surface area contributed by atoms with Crippen LogP contribution in [0.4, 0.5) is 18.0 Å². The second-order valence-electron chi connectivity index (χ2n) is 5.95. The molecule has 0 radical (unpaired) electrons. The number of carbonyl (C=O) groups excluding carboxylic acids is 2. The highest BCUT2D eigenvalue weighted by Crippen LogP contribution is 2.21. The first-order valence-electron chi connectivity index (χ1n) is 7.91. The van der Waals surface area contributed by atoms with E-state index in [4.69, 9.17) is 0 Å². The lowest BCUT2D eigenvalue weighted by atomic mass is 10.0. The maximum atomic E-state index is 12.1. The van der Waals surface area contributed by atoms with Crippen molar-refractivity contribution in [1.82, 2.24) is 20.0 Å². The van der Waals surface area contributed by atoms with Crippen LogP contribution in [0.15, 0.2) is 0 Å². The van der Waals surface area contributed by atoms with E-state index in [2.05, 4.69) is 0 Å². The average molecular weight is 336 g/mol. The third-order valence-corrected chi connectivity index (χ3v) is 4.36. The van der Waals surface area contributed by atoms with Crippen LogP contribution >= 0.6 is 0 Å². The van der Waals surface area contributed by atoms with Gasteiger partial charge in [0, 0.05) is 38.8 Å². The van der Waals surface area contributed by atoms with Gasteiger partial charge in [0.25, 0.3) is 0 Å². The lowest BCUT2D eigenvalue weighted by Gasteiger charge is -2.36. The molecule has 0 saturated carbocycles. The summed E-state index contributed by atoms with van der Waals surface area (Å²) in [7, 11) is 0. The lowest BCUT2D eigenvalue weighted by Crippen LogP contribution is -2.49. The zero-order valence-electron chi connectivity index (χ0n) is 13.2. The van der Waals surface area contributed by atoms with Gasteiger partial charge in [0.2, 0.25) is 5.91 Å². The number of hydrogen-bond acceptors (Lipinski definition) is 3. The van der Waals surface area contributed by atoms with Crippen molar-refractivity contribution in [3.8, 4) is 0 Å². The molecule has 2 heterocycles. The van der Waals surface area contributed by atoms with E-state index in [0.29, 0.717) is 19.6 Å². The number of likely N-dealkylation sites (N-methyl/N-ethyl adjacent to an activating group) is 1. The Morgan fingerprint density at radius 3 is 2.39 bits per heavy atom. The van der Waals surface area contributed by atoms with E-state index in [-0.39, 0.29) is 18.6 Å². The predicted octanol–water partition coefficient (Wildman–Crippen LogP) is 0.887. The van der Waals surface area contributed by atoms with Gasteiger partial charge >= 0.3 is 12.2 Å². The zero-order chi connectivity index (χ0) is 17.0. The monoisotopic (exact) mass is 336 g/mol. The third kappa shape index (κ3) is 4.98. The molecule has 2 fully saturated rings. The molecule has 0 atom stereocenters. The molecule has 0 bridgehead atoms. The molecule has 3 amide bonds. The summed E-state index contributed by atoms with van der Waals surface area (Å²) >= 11 is 0. The number of likely N-dealkylation sites (tertiary alicyclic amines) is 1. The highest BCUT2D eigenvalue weighted by molar-refractivity contribution is 5.78. The molecule has 2 aliphatic rings. The quantitative estimate of drug-likeness (QED) is 0.811. The fourth-order valence-corrected chi connectivity index (χ4v) is 3.08. The van der Waals surface area contributed by atoms with Crippen LogP contribution in [0.2, 0.25) is 0 Å². The Kier molecular flexibility index (Phi) is 5.72. The Morgan fingerprint density at radius 1 is 1.22 bits per heavy atom. The summed E-state index contributed by atoms with van der Waals surface area (Å²) in [6.45, 7) is 4.02. The number of rotatable bonds is 5. The Morgan fingerprint density at radius 2 is 1.87 bits per heavy atom. The van der Waals surface area contributed by atoms with Crippen LogP contribution in [0.5, 0.6) is 0 Å². The zero-order valence-corrected chi connectivity index (χ0v) is 13.2. The van der Waals surface area contributed by atoms with Gasteiger partial charge < -0.3 is 15.1 Å². The molecule has 9 heteroatoms. The highest BCUT2D eigenvalue weighted by atomic mass is 19.4. The standard InChI is InChI=1S/C14H23F3N4O2/c1-2-20-7-8-21(13(20)23)11-3-5-19(6-4-11)9-12(22)18-10-14(15,16)17/h11H,2-10H2,1H3,(H,18,22). The van der Waals surface area contributed by atoms with Crippen LogP contribution in [-0.2, 0) is 4.79 Å². The molecule has 0 unspecified atom stereocenters. The molecule has 1 N–H and O–H groups in total. The van der Waals surface area contributed by atoms with Gasteiger partial charge in [0.05, 0.1) is 6.54 Å². The molecule has 0 aromatic carbocycles. The minimum Gasteiger partial charge on any atom is -0.346 e. The van der Waals surface area contributed by atoms with Gasteiger partial charge in [-0.05, 0) is 19.8 Å². The van der Waals surface area contributed by atoms with Crippen LogP contribution in [0.25, 0.3) is 0 Å².